The van der Waals surface area contributed by atoms with Gasteiger partial charge in [-0.05, 0) is 51.4 Å². The van der Waals surface area contributed by atoms with Crippen molar-refractivity contribution in [3.63, 3.8) is 0 Å². The summed E-state index contributed by atoms with van der Waals surface area (Å²) in [4.78, 5) is 23.3. The van der Waals surface area contributed by atoms with Crippen LogP contribution in [-0.2, 0) is 9.47 Å². The Balaban J connectivity index is 1.56. The molecule has 4 unspecified atom stereocenters. The molecule has 8 heteroatoms. The van der Waals surface area contributed by atoms with Crippen LogP contribution in [0.15, 0.2) is 0 Å². The van der Waals surface area contributed by atoms with Crippen LogP contribution in [0.4, 0.5) is 9.59 Å². The molecule has 0 spiro atoms. The highest BCUT2D eigenvalue weighted by molar-refractivity contribution is 5.70. The predicted molar refractivity (Wildman–Crippen MR) is 84.6 cm³/mol. The van der Waals surface area contributed by atoms with Crippen molar-refractivity contribution in [2.75, 3.05) is 6.67 Å². The molecule has 0 aromatic carbocycles. The third-order valence-electron chi connectivity index (χ3n) is 4.35. The van der Waals surface area contributed by atoms with Crippen molar-refractivity contribution in [2.45, 2.75) is 75.7 Å². The zero-order chi connectivity index (χ0) is 16.7. The van der Waals surface area contributed by atoms with Crippen molar-refractivity contribution in [3.05, 3.63) is 0 Å². The zero-order valence-corrected chi connectivity index (χ0v) is 13.5. The van der Waals surface area contributed by atoms with Gasteiger partial charge in [-0.2, -0.15) is 0 Å². The Hall–Kier alpha value is -1.54. The molecule has 2 saturated carbocycles. The van der Waals surface area contributed by atoms with E-state index in [1.54, 1.807) is 0 Å². The Morgan fingerprint density at radius 2 is 1.26 bits per heavy atom. The minimum atomic E-state index is -0.552. The Morgan fingerprint density at radius 1 is 0.826 bits per heavy atom. The van der Waals surface area contributed by atoms with Crippen LogP contribution < -0.4 is 22.1 Å². The molecule has 0 aliphatic heterocycles. The normalized spacial score (nSPS) is 31.0. The van der Waals surface area contributed by atoms with Crippen LogP contribution in [0, 0.1) is 0 Å². The highest BCUT2D eigenvalue weighted by atomic mass is 16.6. The Kier molecular flexibility index (Phi) is 6.91. The van der Waals surface area contributed by atoms with Crippen LogP contribution in [0.2, 0.25) is 0 Å². The van der Waals surface area contributed by atoms with Gasteiger partial charge in [0.25, 0.3) is 0 Å². The van der Waals surface area contributed by atoms with Gasteiger partial charge >= 0.3 is 12.2 Å². The lowest BCUT2D eigenvalue weighted by molar-refractivity contribution is 0.0651. The number of alkyl carbamates (subject to hydrolysis) is 2. The van der Waals surface area contributed by atoms with E-state index in [1.807, 2.05) is 0 Å². The number of carbonyl (C=O) groups excluding carboxylic acids is 2. The number of ether oxygens (including phenoxy) is 2. The molecule has 8 nitrogen and oxygen atoms in total. The highest BCUT2D eigenvalue weighted by Crippen LogP contribution is 2.20. The smallest absolute Gasteiger partial charge is 0.408 e. The number of carbonyl (C=O) groups is 2. The maximum Gasteiger partial charge on any atom is 0.408 e. The van der Waals surface area contributed by atoms with Crippen molar-refractivity contribution >= 4 is 12.2 Å². The second-order valence-electron chi connectivity index (χ2n) is 6.44. The summed E-state index contributed by atoms with van der Waals surface area (Å²) in [7, 11) is 0. The molecular weight excluding hydrogens is 300 g/mol. The van der Waals surface area contributed by atoms with Crippen LogP contribution in [0.25, 0.3) is 0 Å². The monoisotopic (exact) mass is 328 g/mol. The summed E-state index contributed by atoms with van der Waals surface area (Å²) in [5, 5.41) is 4.97. The third-order valence-corrected chi connectivity index (χ3v) is 4.35. The van der Waals surface area contributed by atoms with Crippen molar-refractivity contribution in [1.29, 1.82) is 0 Å². The summed E-state index contributed by atoms with van der Waals surface area (Å²) >= 11 is 0. The quantitative estimate of drug-likeness (QED) is 0.568. The lowest BCUT2D eigenvalue weighted by atomic mass is 9.94. The maximum atomic E-state index is 11.6. The first-order chi connectivity index (χ1) is 11.0. The number of amides is 2. The van der Waals surface area contributed by atoms with Crippen LogP contribution in [0.1, 0.15) is 51.4 Å². The largest absolute Gasteiger partial charge is 0.446 e. The fourth-order valence-corrected chi connectivity index (χ4v) is 3.15. The second-order valence-corrected chi connectivity index (χ2v) is 6.44. The Bertz CT molecular complexity index is 371. The topological polar surface area (TPSA) is 129 Å². The molecule has 2 rings (SSSR count). The predicted octanol–water partition coefficient (Wildman–Crippen LogP) is 0.936. The molecule has 0 saturated heterocycles. The van der Waals surface area contributed by atoms with E-state index in [9.17, 15) is 9.59 Å². The summed E-state index contributed by atoms with van der Waals surface area (Å²) in [5.41, 5.74) is 11.7. The molecule has 2 amide bonds. The van der Waals surface area contributed by atoms with Gasteiger partial charge in [0.05, 0.1) is 6.67 Å². The van der Waals surface area contributed by atoms with Gasteiger partial charge in [-0.1, -0.05) is 0 Å². The summed E-state index contributed by atoms with van der Waals surface area (Å²) in [6, 6.07) is 0.188. The van der Waals surface area contributed by atoms with Gasteiger partial charge in [-0.25, -0.2) is 9.59 Å². The summed E-state index contributed by atoms with van der Waals surface area (Å²) in [6.45, 7) is -0.0325. The van der Waals surface area contributed by atoms with E-state index in [2.05, 4.69) is 10.6 Å². The molecule has 132 valence electrons. The number of nitrogens with two attached hydrogens (primary N) is 2. The number of rotatable bonds is 4. The van der Waals surface area contributed by atoms with E-state index in [0.717, 1.165) is 38.5 Å². The first-order valence-electron chi connectivity index (χ1n) is 8.43. The average molecular weight is 328 g/mol. The molecule has 0 aromatic heterocycles. The molecule has 2 aliphatic carbocycles. The maximum absolute atomic E-state index is 11.6. The highest BCUT2D eigenvalue weighted by Gasteiger charge is 2.23. The van der Waals surface area contributed by atoms with Gasteiger partial charge in [0.15, 0.2) is 0 Å². The lowest BCUT2D eigenvalue weighted by Gasteiger charge is -2.27. The van der Waals surface area contributed by atoms with Gasteiger partial charge in [-0.15, -0.1) is 0 Å². The Labute approximate surface area is 136 Å². The van der Waals surface area contributed by atoms with Gasteiger partial charge in [0.2, 0.25) is 0 Å². The fraction of sp³-hybridized carbons (Fsp3) is 0.867. The van der Waals surface area contributed by atoms with Crippen molar-refractivity contribution in [3.8, 4) is 0 Å². The third kappa shape index (κ3) is 6.62. The number of hydrogen-bond donors (Lipinski definition) is 4. The molecule has 2 fully saturated rings. The molecule has 0 aromatic rings. The van der Waals surface area contributed by atoms with Crippen LogP contribution >= 0.6 is 0 Å². The van der Waals surface area contributed by atoms with Gasteiger partial charge in [0.1, 0.15) is 12.2 Å². The standard InChI is InChI=1S/C15H28N4O4/c16-10-3-1-5-12(7-10)22-14(20)18-9-19-15(21)23-13-6-2-4-11(17)8-13/h10-13H,1-9,16-17H2,(H,18,20)(H,19,21). The second kappa shape index (κ2) is 8.93. The Morgan fingerprint density at radius 3 is 1.65 bits per heavy atom. The minimum absolute atomic E-state index is 0.0325. The van der Waals surface area contributed by atoms with E-state index in [-0.39, 0.29) is 31.0 Å². The van der Waals surface area contributed by atoms with Gasteiger partial charge in [-0.3, -0.25) is 0 Å². The van der Waals surface area contributed by atoms with E-state index in [0.29, 0.717) is 12.8 Å². The zero-order valence-electron chi connectivity index (χ0n) is 13.5. The molecule has 0 heterocycles. The van der Waals surface area contributed by atoms with Crippen LogP contribution in [-0.4, -0.2) is 43.1 Å². The average Bonchev–Trinajstić information content (AvgIpc) is 2.47. The molecule has 2 aliphatic rings. The van der Waals surface area contributed by atoms with E-state index < -0.39 is 12.2 Å². The van der Waals surface area contributed by atoms with Crippen LogP contribution in [0.5, 0.6) is 0 Å². The van der Waals surface area contributed by atoms with E-state index in [1.165, 1.54) is 0 Å². The van der Waals surface area contributed by atoms with Gasteiger partial charge in [0, 0.05) is 12.1 Å². The number of nitrogens with one attached hydrogen (secondary N) is 2. The van der Waals surface area contributed by atoms with E-state index >= 15 is 0 Å². The van der Waals surface area contributed by atoms with E-state index in [4.69, 9.17) is 20.9 Å². The van der Waals surface area contributed by atoms with Crippen molar-refractivity contribution in [1.82, 2.24) is 10.6 Å². The van der Waals surface area contributed by atoms with Gasteiger partial charge < -0.3 is 31.6 Å². The van der Waals surface area contributed by atoms with Crippen LogP contribution in [0.3, 0.4) is 0 Å². The van der Waals surface area contributed by atoms with Crippen molar-refractivity contribution in [2.24, 2.45) is 11.5 Å². The molecule has 0 radical (unpaired) electrons. The molecular formula is C15H28N4O4. The summed E-state index contributed by atoms with van der Waals surface area (Å²) < 4.78 is 10.5. The molecule has 0 bridgehead atoms. The molecule has 4 atom stereocenters. The summed E-state index contributed by atoms with van der Waals surface area (Å²) in [5.74, 6) is 0. The molecule has 6 N–H and O–H groups in total. The first-order valence-corrected chi connectivity index (χ1v) is 8.43. The minimum Gasteiger partial charge on any atom is -0.446 e. The SMILES string of the molecule is NC1CCCC(OC(=O)NCNC(=O)OC2CCCC(N)C2)C1. The summed E-state index contributed by atoms with van der Waals surface area (Å²) in [6.07, 6.45) is 5.52. The first kappa shape index (κ1) is 17.8. The lowest BCUT2D eigenvalue weighted by Crippen LogP contribution is -2.42. The fourth-order valence-electron chi connectivity index (χ4n) is 3.15. The molecule has 23 heavy (non-hydrogen) atoms. The van der Waals surface area contributed by atoms with Crippen molar-refractivity contribution < 1.29 is 19.1 Å². The number of hydrogen-bond acceptors (Lipinski definition) is 6.